The first-order chi connectivity index (χ1) is 22.8. The van der Waals surface area contributed by atoms with Crippen LogP contribution in [0, 0.1) is 0 Å². The first kappa shape index (κ1) is 24.4. The maximum atomic E-state index is 6.82. The second-order valence-corrected chi connectivity index (χ2v) is 12.8. The standard InChI is InChI=1S/C45H26O/c1-2-13-28-27(12-1)24-35(30-15-4-3-14-29(28)30)34-19-11-23-42-44(34)37-25-36-33-18-7-10-22-40(33)45(41(36)26-43(37)46-42)38-20-8-5-16-31(38)32-17-6-9-21-39(32)45/h1-26H. The summed E-state index contributed by atoms with van der Waals surface area (Å²) in [4.78, 5) is 0. The van der Waals surface area contributed by atoms with Crippen LogP contribution < -0.4 is 0 Å². The van der Waals surface area contributed by atoms with Crippen LogP contribution in [0.15, 0.2) is 162 Å². The van der Waals surface area contributed by atoms with E-state index in [2.05, 4.69) is 158 Å². The van der Waals surface area contributed by atoms with Gasteiger partial charge in [0.05, 0.1) is 5.41 Å². The van der Waals surface area contributed by atoms with Crippen LogP contribution in [0.4, 0.5) is 0 Å². The van der Waals surface area contributed by atoms with Gasteiger partial charge in [0.2, 0.25) is 0 Å². The summed E-state index contributed by atoms with van der Waals surface area (Å²) in [6, 6.07) is 58.1. The second-order valence-electron chi connectivity index (χ2n) is 12.8. The maximum absolute atomic E-state index is 6.82. The fraction of sp³-hybridized carbons (Fsp3) is 0.0222. The van der Waals surface area contributed by atoms with E-state index in [-0.39, 0.29) is 5.41 Å². The highest BCUT2D eigenvalue weighted by molar-refractivity contribution is 6.20. The summed E-state index contributed by atoms with van der Waals surface area (Å²) < 4.78 is 6.82. The van der Waals surface area contributed by atoms with Crippen molar-refractivity contribution < 1.29 is 4.42 Å². The molecule has 11 rings (SSSR count). The lowest BCUT2D eigenvalue weighted by Gasteiger charge is -2.30. The number of fused-ring (bicyclic) bond motifs is 16. The van der Waals surface area contributed by atoms with Gasteiger partial charge in [-0.2, -0.15) is 0 Å². The Labute approximate surface area is 266 Å². The molecule has 1 heterocycles. The van der Waals surface area contributed by atoms with Gasteiger partial charge in [0.1, 0.15) is 11.2 Å². The van der Waals surface area contributed by atoms with Gasteiger partial charge in [-0.15, -0.1) is 0 Å². The molecule has 212 valence electrons. The van der Waals surface area contributed by atoms with Crippen molar-refractivity contribution in [3.8, 4) is 33.4 Å². The molecular weight excluding hydrogens is 556 g/mol. The summed E-state index contributed by atoms with van der Waals surface area (Å²) in [5.74, 6) is 0. The molecule has 1 aromatic heterocycles. The molecule has 0 radical (unpaired) electrons. The Hall–Kier alpha value is -5.92. The lowest BCUT2D eigenvalue weighted by atomic mass is 9.70. The Morgan fingerprint density at radius 3 is 1.61 bits per heavy atom. The molecule has 2 aliphatic carbocycles. The van der Waals surface area contributed by atoms with Crippen molar-refractivity contribution >= 4 is 43.5 Å². The fourth-order valence-electron chi connectivity index (χ4n) is 8.91. The van der Waals surface area contributed by atoms with Gasteiger partial charge in [-0.05, 0) is 101 Å². The zero-order valence-electron chi connectivity index (χ0n) is 24.9. The molecule has 2 aliphatic rings. The van der Waals surface area contributed by atoms with E-state index in [4.69, 9.17) is 4.42 Å². The first-order valence-corrected chi connectivity index (χ1v) is 16.0. The average Bonchev–Trinajstić information content (AvgIpc) is 3.74. The van der Waals surface area contributed by atoms with E-state index in [1.54, 1.807) is 0 Å². The van der Waals surface area contributed by atoms with Gasteiger partial charge >= 0.3 is 0 Å². The van der Waals surface area contributed by atoms with Crippen LogP contribution in [0.5, 0.6) is 0 Å². The molecule has 46 heavy (non-hydrogen) atoms. The third-order valence-electron chi connectivity index (χ3n) is 10.7. The van der Waals surface area contributed by atoms with Crippen molar-refractivity contribution in [1.29, 1.82) is 0 Å². The SMILES string of the molecule is c1ccc2c(c1)-c1ccccc1C21c2ccccc2-c2cc3c(cc21)oc1cccc(-c2cc4ccccc4c4ccccc24)c13. The minimum absolute atomic E-state index is 0.385. The summed E-state index contributed by atoms with van der Waals surface area (Å²) in [5, 5.41) is 7.39. The predicted octanol–water partition coefficient (Wildman–Crippen LogP) is 11.9. The van der Waals surface area contributed by atoms with E-state index in [0.29, 0.717) is 0 Å². The molecule has 0 atom stereocenters. The first-order valence-electron chi connectivity index (χ1n) is 16.0. The fourth-order valence-corrected chi connectivity index (χ4v) is 8.91. The van der Waals surface area contributed by atoms with Crippen LogP contribution >= 0.6 is 0 Å². The Morgan fingerprint density at radius 1 is 0.326 bits per heavy atom. The van der Waals surface area contributed by atoms with Gasteiger partial charge in [0.25, 0.3) is 0 Å². The molecule has 0 saturated heterocycles. The lowest BCUT2D eigenvalue weighted by molar-refractivity contribution is 0.666. The van der Waals surface area contributed by atoms with Gasteiger partial charge in [0.15, 0.2) is 0 Å². The van der Waals surface area contributed by atoms with Gasteiger partial charge in [0, 0.05) is 10.8 Å². The molecule has 0 saturated carbocycles. The topological polar surface area (TPSA) is 13.1 Å². The minimum atomic E-state index is -0.385. The summed E-state index contributed by atoms with van der Waals surface area (Å²) in [5.41, 5.74) is 14.5. The molecular formula is C45H26O. The summed E-state index contributed by atoms with van der Waals surface area (Å²) in [6.07, 6.45) is 0. The summed E-state index contributed by atoms with van der Waals surface area (Å²) in [7, 11) is 0. The van der Waals surface area contributed by atoms with Crippen molar-refractivity contribution in [2.24, 2.45) is 0 Å². The van der Waals surface area contributed by atoms with E-state index in [1.165, 1.54) is 82.6 Å². The highest BCUT2D eigenvalue weighted by Crippen LogP contribution is 2.63. The Bertz CT molecular complexity index is 2710. The molecule has 0 fully saturated rings. The molecule has 0 aliphatic heterocycles. The smallest absolute Gasteiger partial charge is 0.136 e. The van der Waals surface area contributed by atoms with Crippen molar-refractivity contribution in [2.75, 3.05) is 0 Å². The molecule has 0 bridgehead atoms. The third kappa shape index (κ3) is 2.87. The number of rotatable bonds is 1. The Balaban J connectivity index is 1.26. The van der Waals surface area contributed by atoms with E-state index in [9.17, 15) is 0 Å². The average molecular weight is 583 g/mol. The Morgan fingerprint density at radius 2 is 0.891 bits per heavy atom. The van der Waals surface area contributed by atoms with Crippen LogP contribution in [0.1, 0.15) is 22.3 Å². The van der Waals surface area contributed by atoms with E-state index in [0.717, 1.165) is 16.6 Å². The zero-order chi connectivity index (χ0) is 30.0. The highest BCUT2D eigenvalue weighted by Gasteiger charge is 2.51. The van der Waals surface area contributed by atoms with Crippen LogP contribution in [-0.2, 0) is 5.41 Å². The number of hydrogen-bond acceptors (Lipinski definition) is 1. The van der Waals surface area contributed by atoms with Gasteiger partial charge in [-0.25, -0.2) is 0 Å². The van der Waals surface area contributed by atoms with Crippen LogP contribution in [0.25, 0.3) is 76.9 Å². The normalized spacial score (nSPS) is 13.8. The quantitative estimate of drug-likeness (QED) is 0.176. The van der Waals surface area contributed by atoms with Crippen LogP contribution in [0.3, 0.4) is 0 Å². The molecule has 1 spiro atoms. The van der Waals surface area contributed by atoms with Crippen molar-refractivity contribution in [3.05, 3.63) is 180 Å². The van der Waals surface area contributed by atoms with E-state index >= 15 is 0 Å². The van der Waals surface area contributed by atoms with Gasteiger partial charge in [-0.3, -0.25) is 0 Å². The van der Waals surface area contributed by atoms with Gasteiger partial charge in [-0.1, -0.05) is 133 Å². The molecule has 1 nitrogen and oxygen atoms in total. The molecule has 1 heteroatoms. The molecule has 8 aromatic carbocycles. The van der Waals surface area contributed by atoms with Crippen molar-refractivity contribution in [3.63, 3.8) is 0 Å². The molecule has 0 N–H and O–H groups in total. The van der Waals surface area contributed by atoms with Crippen molar-refractivity contribution in [2.45, 2.75) is 5.41 Å². The number of benzene rings is 8. The predicted molar refractivity (Wildman–Crippen MR) is 190 cm³/mol. The van der Waals surface area contributed by atoms with E-state index < -0.39 is 0 Å². The van der Waals surface area contributed by atoms with Crippen LogP contribution in [-0.4, -0.2) is 0 Å². The van der Waals surface area contributed by atoms with Gasteiger partial charge < -0.3 is 4.42 Å². The van der Waals surface area contributed by atoms with Crippen LogP contribution in [0.2, 0.25) is 0 Å². The molecule has 9 aromatic rings. The summed E-state index contributed by atoms with van der Waals surface area (Å²) >= 11 is 0. The lowest BCUT2D eigenvalue weighted by Crippen LogP contribution is -2.25. The maximum Gasteiger partial charge on any atom is 0.136 e. The van der Waals surface area contributed by atoms with E-state index in [1.807, 2.05) is 0 Å². The molecule has 0 amide bonds. The zero-order valence-corrected chi connectivity index (χ0v) is 24.9. The number of furan rings is 1. The highest BCUT2D eigenvalue weighted by atomic mass is 16.3. The largest absolute Gasteiger partial charge is 0.456 e. The Kier molecular flexibility index (Phi) is 4.57. The number of hydrogen-bond donors (Lipinski definition) is 0. The molecule has 0 unspecified atom stereocenters. The monoisotopic (exact) mass is 582 g/mol. The second kappa shape index (κ2) is 8.62. The third-order valence-corrected chi connectivity index (χ3v) is 10.7. The minimum Gasteiger partial charge on any atom is -0.456 e. The van der Waals surface area contributed by atoms with Crippen molar-refractivity contribution in [1.82, 2.24) is 0 Å². The summed E-state index contributed by atoms with van der Waals surface area (Å²) in [6.45, 7) is 0.